The van der Waals surface area contributed by atoms with Crippen LogP contribution in [-0.2, 0) is 11.6 Å². The molecule has 0 spiro atoms. The minimum Gasteiger partial charge on any atom is -0.399 e. The molecule has 0 saturated carbocycles. The maximum absolute atomic E-state index is 8.29. The molecule has 0 atom stereocenters. The van der Waals surface area contributed by atoms with Gasteiger partial charge in [-0.15, -0.1) is 0 Å². The number of hydrogen-bond donors (Lipinski definition) is 2. The molecule has 0 aliphatic carbocycles. The third-order valence-electron chi connectivity index (χ3n) is 3.99. The lowest BCUT2D eigenvalue weighted by Crippen LogP contribution is -1.84. The summed E-state index contributed by atoms with van der Waals surface area (Å²) in [5.74, 6) is 0. The Labute approximate surface area is 174 Å². The molecule has 4 N–H and O–H groups in total. The Morgan fingerprint density at radius 1 is 0.448 bits per heavy atom. The molecule has 146 valence electrons. The average Bonchev–Trinajstić information content (AvgIpc) is 2.76. The van der Waals surface area contributed by atoms with Gasteiger partial charge in [0.05, 0.1) is 0 Å². The van der Waals surface area contributed by atoms with Gasteiger partial charge in [-0.3, -0.25) is 0 Å². The third kappa shape index (κ3) is 7.44. The van der Waals surface area contributed by atoms with Crippen molar-refractivity contribution in [2.24, 2.45) is 0 Å². The van der Waals surface area contributed by atoms with Crippen molar-refractivity contribution in [2.45, 2.75) is 0 Å². The molecular weight excluding hydrogens is 380 g/mol. The highest BCUT2D eigenvalue weighted by Gasteiger charge is 1.96. The molecule has 0 fully saturated rings. The molecule has 0 amide bonds. The molecule has 4 rings (SSSR count). The van der Waals surface area contributed by atoms with Crippen LogP contribution in [0.25, 0.3) is 22.3 Å². The molecule has 0 aromatic heterocycles. The molecule has 4 nitrogen and oxygen atoms in total. The first-order valence-corrected chi connectivity index (χ1v) is 9.54. The van der Waals surface area contributed by atoms with Crippen LogP contribution in [0.5, 0.6) is 0 Å². The van der Waals surface area contributed by atoms with Crippen LogP contribution in [0.15, 0.2) is 109 Å². The Morgan fingerprint density at radius 3 is 1.07 bits per heavy atom. The lowest BCUT2D eigenvalue weighted by molar-refractivity contribution is 0.630. The van der Waals surface area contributed by atoms with Crippen LogP contribution in [0.4, 0.5) is 11.4 Å². The number of benzene rings is 4. The molecule has 4 aromatic carbocycles. The highest BCUT2D eigenvalue weighted by molar-refractivity contribution is 7.51. The van der Waals surface area contributed by atoms with E-state index >= 15 is 0 Å². The van der Waals surface area contributed by atoms with Gasteiger partial charge in [0.15, 0.2) is 0 Å². The first-order valence-electron chi connectivity index (χ1n) is 8.87. The van der Waals surface area contributed by atoms with E-state index in [1.807, 2.05) is 72.8 Å². The fourth-order valence-corrected chi connectivity index (χ4v) is 2.70. The Bertz CT molecular complexity index is 967. The lowest BCUT2D eigenvalue weighted by atomic mass is 10.1. The summed E-state index contributed by atoms with van der Waals surface area (Å²) in [6.45, 7) is 0. The van der Waals surface area contributed by atoms with Gasteiger partial charge in [-0.2, -0.15) is 8.42 Å². The Balaban J connectivity index is 0.000000183. The highest BCUT2D eigenvalue weighted by Crippen LogP contribution is 2.21. The molecule has 4 aromatic rings. The molecule has 29 heavy (non-hydrogen) atoms. The van der Waals surface area contributed by atoms with E-state index in [1.54, 1.807) is 0 Å². The Hall–Kier alpha value is -3.70. The number of anilines is 2. The minimum atomic E-state index is -0.750. The molecule has 0 heterocycles. The van der Waals surface area contributed by atoms with Crippen LogP contribution in [0, 0.1) is 0 Å². The van der Waals surface area contributed by atoms with Crippen molar-refractivity contribution in [1.29, 1.82) is 0 Å². The van der Waals surface area contributed by atoms with Gasteiger partial charge in [-0.25, -0.2) is 0 Å². The largest absolute Gasteiger partial charge is 0.399 e. The summed E-state index contributed by atoms with van der Waals surface area (Å²) >= 11 is -0.750. The van der Waals surface area contributed by atoms with Crippen molar-refractivity contribution < 1.29 is 8.42 Å². The van der Waals surface area contributed by atoms with E-state index in [9.17, 15) is 0 Å². The van der Waals surface area contributed by atoms with E-state index in [2.05, 4.69) is 36.4 Å². The molecule has 0 saturated heterocycles. The van der Waals surface area contributed by atoms with Gasteiger partial charge in [-0.05, 0) is 46.5 Å². The quantitative estimate of drug-likeness (QED) is 0.451. The van der Waals surface area contributed by atoms with Crippen LogP contribution >= 0.6 is 0 Å². The van der Waals surface area contributed by atoms with Gasteiger partial charge in [0, 0.05) is 11.4 Å². The van der Waals surface area contributed by atoms with Crippen molar-refractivity contribution in [2.75, 3.05) is 11.5 Å². The smallest absolute Gasteiger partial charge is 0.335 e. The number of hydrogen-bond acceptors (Lipinski definition) is 4. The van der Waals surface area contributed by atoms with Gasteiger partial charge < -0.3 is 11.5 Å². The van der Waals surface area contributed by atoms with Crippen LogP contribution in [0.3, 0.4) is 0 Å². The molecule has 0 radical (unpaired) electrons. The maximum Gasteiger partial charge on any atom is 0.335 e. The van der Waals surface area contributed by atoms with Crippen molar-refractivity contribution in [3.8, 4) is 22.3 Å². The number of nitrogens with two attached hydrogens (primary N) is 2. The maximum atomic E-state index is 8.29. The zero-order valence-corrected chi connectivity index (χ0v) is 16.6. The summed E-state index contributed by atoms with van der Waals surface area (Å²) in [5, 5.41) is 0. The molecule has 0 aliphatic rings. The van der Waals surface area contributed by atoms with Gasteiger partial charge in [0.2, 0.25) is 0 Å². The molecule has 0 bridgehead atoms. The zero-order valence-electron chi connectivity index (χ0n) is 15.8. The topological polar surface area (TPSA) is 86.2 Å². The second-order valence-corrected chi connectivity index (χ2v) is 6.19. The van der Waals surface area contributed by atoms with Gasteiger partial charge in [-0.1, -0.05) is 84.9 Å². The van der Waals surface area contributed by atoms with Crippen LogP contribution in [0.2, 0.25) is 0 Å². The second-order valence-electron chi connectivity index (χ2n) is 6.05. The van der Waals surface area contributed by atoms with E-state index in [-0.39, 0.29) is 0 Å². The summed E-state index contributed by atoms with van der Waals surface area (Å²) in [6, 6.07) is 36.3. The van der Waals surface area contributed by atoms with E-state index in [4.69, 9.17) is 19.9 Å². The predicted molar refractivity (Wildman–Crippen MR) is 122 cm³/mol. The van der Waals surface area contributed by atoms with Gasteiger partial charge >= 0.3 is 11.6 Å². The van der Waals surface area contributed by atoms with Crippen molar-refractivity contribution >= 4 is 22.9 Å². The third-order valence-corrected chi connectivity index (χ3v) is 3.99. The van der Waals surface area contributed by atoms with Gasteiger partial charge in [0.25, 0.3) is 0 Å². The SMILES string of the molecule is Nc1cccc(-c2ccccc2)c1.Nc1cccc(-c2ccccc2)c1.O=S=O. The monoisotopic (exact) mass is 402 g/mol. The van der Waals surface area contributed by atoms with Crippen molar-refractivity contribution in [3.05, 3.63) is 109 Å². The van der Waals surface area contributed by atoms with Crippen LogP contribution < -0.4 is 11.5 Å². The molecule has 5 heteroatoms. The fourth-order valence-electron chi connectivity index (χ4n) is 2.70. The molecular formula is C24H22N2O2S. The minimum absolute atomic E-state index is 0.750. The second kappa shape index (κ2) is 11.9. The van der Waals surface area contributed by atoms with Gasteiger partial charge in [0.1, 0.15) is 0 Å². The van der Waals surface area contributed by atoms with Crippen molar-refractivity contribution in [1.82, 2.24) is 0 Å². The number of rotatable bonds is 2. The Morgan fingerprint density at radius 2 is 0.759 bits per heavy atom. The Kier molecular flexibility index (Phi) is 8.86. The van der Waals surface area contributed by atoms with Crippen LogP contribution in [0.1, 0.15) is 0 Å². The average molecular weight is 403 g/mol. The van der Waals surface area contributed by atoms with Crippen LogP contribution in [-0.4, -0.2) is 8.42 Å². The molecule has 0 unspecified atom stereocenters. The van der Waals surface area contributed by atoms with E-state index < -0.39 is 11.6 Å². The normalized spacial score (nSPS) is 9.24. The standard InChI is InChI=1S/2C12H11N.O2S/c2*13-12-8-4-7-11(9-12)10-5-2-1-3-6-10;1-3-2/h2*1-9H,13H2;. The van der Waals surface area contributed by atoms with Crippen molar-refractivity contribution in [3.63, 3.8) is 0 Å². The summed E-state index contributed by atoms with van der Waals surface area (Å²) in [6.07, 6.45) is 0. The van der Waals surface area contributed by atoms with E-state index in [0.717, 1.165) is 11.4 Å². The van der Waals surface area contributed by atoms with E-state index in [1.165, 1.54) is 22.3 Å². The first-order chi connectivity index (χ1) is 14.1. The predicted octanol–water partition coefficient (Wildman–Crippen LogP) is 5.20. The summed E-state index contributed by atoms with van der Waals surface area (Å²) in [7, 11) is 0. The number of nitrogen functional groups attached to an aromatic ring is 2. The first kappa shape index (κ1) is 21.6. The molecule has 0 aliphatic heterocycles. The summed E-state index contributed by atoms with van der Waals surface area (Å²) < 4.78 is 16.6. The van der Waals surface area contributed by atoms with E-state index in [0.29, 0.717) is 0 Å². The lowest BCUT2D eigenvalue weighted by Gasteiger charge is -2.01. The summed E-state index contributed by atoms with van der Waals surface area (Å²) in [5.41, 5.74) is 17.7. The zero-order chi connectivity index (χ0) is 20.9. The summed E-state index contributed by atoms with van der Waals surface area (Å²) in [4.78, 5) is 0. The fraction of sp³-hybridized carbons (Fsp3) is 0. The highest BCUT2D eigenvalue weighted by atomic mass is 32.1.